The molecule has 0 atom stereocenters. The van der Waals surface area contributed by atoms with Crippen molar-refractivity contribution < 1.29 is 21.6 Å². The largest absolute Gasteiger partial charge is 0.416 e. The molecule has 0 aliphatic heterocycles. The summed E-state index contributed by atoms with van der Waals surface area (Å²) in [4.78, 5) is 0. The molecule has 4 nitrogen and oxygen atoms in total. The van der Waals surface area contributed by atoms with Crippen molar-refractivity contribution in [2.75, 3.05) is 5.32 Å². The van der Waals surface area contributed by atoms with Crippen molar-refractivity contribution >= 4 is 15.7 Å². The van der Waals surface area contributed by atoms with Gasteiger partial charge in [0.15, 0.2) is 0 Å². The van der Waals surface area contributed by atoms with Gasteiger partial charge in [-0.05, 0) is 29.3 Å². The Morgan fingerprint density at radius 1 is 1.00 bits per heavy atom. The van der Waals surface area contributed by atoms with E-state index in [0.29, 0.717) is 11.3 Å². The number of primary sulfonamides is 1. The lowest BCUT2D eigenvalue weighted by Gasteiger charge is -2.14. The SMILES string of the molecule is NS(=O)(=O)Cc1ccc(NCc2ccccc2C(F)(F)F)cc1. The number of hydrogen-bond donors (Lipinski definition) is 2. The minimum Gasteiger partial charge on any atom is -0.381 e. The summed E-state index contributed by atoms with van der Waals surface area (Å²) in [6, 6.07) is 11.6. The van der Waals surface area contributed by atoms with Crippen LogP contribution in [0.15, 0.2) is 48.5 Å². The van der Waals surface area contributed by atoms with Crippen LogP contribution >= 0.6 is 0 Å². The second-order valence-electron chi connectivity index (χ2n) is 5.01. The molecule has 2 aromatic carbocycles. The number of nitrogens with one attached hydrogen (secondary N) is 1. The normalized spacial score (nSPS) is 12.2. The minimum atomic E-state index is -4.41. The number of hydrogen-bond acceptors (Lipinski definition) is 3. The molecular formula is C15H15F3N2O2S. The van der Waals surface area contributed by atoms with Gasteiger partial charge in [0.25, 0.3) is 0 Å². The van der Waals surface area contributed by atoms with E-state index in [1.807, 2.05) is 0 Å². The smallest absolute Gasteiger partial charge is 0.381 e. The highest BCUT2D eigenvalue weighted by molar-refractivity contribution is 7.88. The van der Waals surface area contributed by atoms with Crippen LogP contribution in [0.1, 0.15) is 16.7 Å². The van der Waals surface area contributed by atoms with Gasteiger partial charge in [0.2, 0.25) is 10.0 Å². The van der Waals surface area contributed by atoms with Crippen LogP contribution < -0.4 is 10.5 Å². The van der Waals surface area contributed by atoms with E-state index in [1.54, 1.807) is 30.3 Å². The maximum absolute atomic E-state index is 12.9. The molecule has 0 aromatic heterocycles. The summed E-state index contributed by atoms with van der Waals surface area (Å²) in [6.45, 7) is 0.00418. The molecule has 3 N–H and O–H groups in total. The highest BCUT2D eigenvalue weighted by Gasteiger charge is 2.32. The Hall–Kier alpha value is -2.06. The van der Waals surface area contributed by atoms with Crippen molar-refractivity contribution in [3.63, 3.8) is 0 Å². The van der Waals surface area contributed by atoms with Gasteiger partial charge in [-0.1, -0.05) is 30.3 Å². The molecule has 124 valence electrons. The monoisotopic (exact) mass is 344 g/mol. The van der Waals surface area contributed by atoms with Crippen molar-refractivity contribution in [1.29, 1.82) is 0 Å². The summed E-state index contributed by atoms with van der Waals surface area (Å²) < 4.78 is 60.6. The van der Waals surface area contributed by atoms with E-state index in [9.17, 15) is 21.6 Å². The lowest BCUT2D eigenvalue weighted by Crippen LogP contribution is -2.14. The first-order valence-electron chi connectivity index (χ1n) is 6.63. The van der Waals surface area contributed by atoms with Gasteiger partial charge in [0.1, 0.15) is 0 Å². The van der Waals surface area contributed by atoms with Gasteiger partial charge in [-0.2, -0.15) is 13.2 Å². The van der Waals surface area contributed by atoms with Gasteiger partial charge in [-0.25, -0.2) is 13.6 Å². The second-order valence-corrected chi connectivity index (χ2v) is 6.63. The van der Waals surface area contributed by atoms with Crippen molar-refractivity contribution in [2.45, 2.75) is 18.5 Å². The molecule has 2 rings (SSSR count). The van der Waals surface area contributed by atoms with Gasteiger partial charge in [-0.15, -0.1) is 0 Å². The lowest BCUT2D eigenvalue weighted by atomic mass is 10.1. The molecule has 23 heavy (non-hydrogen) atoms. The molecule has 0 unspecified atom stereocenters. The molecule has 0 radical (unpaired) electrons. The van der Waals surface area contributed by atoms with Crippen LogP contribution in [0, 0.1) is 0 Å². The Morgan fingerprint density at radius 3 is 2.17 bits per heavy atom. The molecule has 0 saturated heterocycles. The number of anilines is 1. The predicted molar refractivity (Wildman–Crippen MR) is 82.0 cm³/mol. The summed E-state index contributed by atoms with van der Waals surface area (Å²) in [5.74, 6) is -0.288. The summed E-state index contributed by atoms with van der Waals surface area (Å²) in [5.41, 5.74) is 0.542. The fraction of sp³-hybridized carbons (Fsp3) is 0.200. The highest BCUT2D eigenvalue weighted by Crippen LogP contribution is 2.32. The Bertz CT molecular complexity index is 772. The quantitative estimate of drug-likeness (QED) is 0.875. The summed E-state index contributed by atoms with van der Waals surface area (Å²) in [7, 11) is -3.61. The Kier molecular flexibility index (Phi) is 4.96. The topological polar surface area (TPSA) is 72.2 Å². The third kappa shape index (κ3) is 5.26. The summed E-state index contributed by atoms with van der Waals surface area (Å²) in [6.07, 6.45) is -4.41. The van der Waals surface area contributed by atoms with Crippen molar-refractivity contribution in [3.8, 4) is 0 Å². The van der Waals surface area contributed by atoms with Crippen LogP contribution in [-0.4, -0.2) is 8.42 Å². The molecule has 8 heteroatoms. The first-order chi connectivity index (χ1) is 10.6. The zero-order chi connectivity index (χ0) is 17.1. The fourth-order valence-electron chi connectivity index (χ4n) is 2.10. The van der Waals surface area contributed by atoms with Gasteiger partial charge >= 0.3 is 6.18 Å². The lowest BCUT2D eigenvalue weighted by molar-refractivity contribution is -0.138. The van der Waals surface area contributed by atoms with Crippen LogP contribution in [0.3, 0.4) is 0 Å². The average molecular weight is 344 g/mol. The second kappa shape index (κ2) is 6.59. The van der Waals surface area contributed by atoms with Gasteiger partial charge < -0.3 is 5.32 Å². The molecule has 0 aliphatic carbocycles. The minimum absolute atomic E-state index is 0.00418. The molecule has 0 bridgehead atoms. The number of nitrogens with two attached hydrogens (primary N) is 1. The first-order valence-corrected chi connectivity index (χ1v) is 8.35. The van der Waals surface area contributed by atoms with Gasteiger partial charge in [-0.3, -0.25) is 0 Å². The Labute approximate surface area is 132 Å². The first kappa shape index (κ1) is 17.3. The third-order valence-electron chi connectivity index (χ3n) is 3.13. The van der Waals surface area contributed by atoms with Crippen LogP contribution in [0.4, 0.5) is 18.9 Å². The predicted octanol–water partition coefficient (Wildman–Crippen LogP) is 3.11. The van der Waals surface area contributed by atoms with Crippen molar-refractivity contribution in [1.82, 2.24) is 0 Å². The van der Waals surface area contributed by atoms with E-state index in [0.717, 1.165) is 6.07 Å². The highest BCUT2D eigenvalue weighted by atomic mass is 32.2. The number of sulfonamides is 1. The molecule has 2 aromatic rings. The number of halogens is 3. The number of rotatable bonds is 5. The van der Waals surface area contributed by atoms with Crippen molar-refractivity contribution in [2.24, 2.45) is 5.14 Å². The molecule has 0 saturated carbocycles. The van der Waals surface area contributed by atoms with Gasteiger partial charge in [0, 0.05) is 12.2 Å². The van der Waals surface area contributed by atoms with E-state index in [2.05, 4.69) is 5.32 Å². The summed E-state index contributed by atoms with van der Waals surface area (Å²) in [5, 5.41) is 7.83. The van der Waals surface area contributed by atoms with Crippen LogP contribution in [0.25, 0.3) is 0 Å². The molecule has 0 aliphatic rings. The van der Waals surface area contributed by atoms with Crippen LogP contribution in [0.2, 0.25) is 0 Å². The van der Waals surface area contributed by atoms with E-state index < -0.39 is 21.8 Å². The van der Waals surface area contributed by atoms with E-state index in [1.165, 1.54) is 12.1 Å². The molecule has 0 fully saturated rings. The molecule has 0 spiro atoms. The number of alkyl halides is 3. The standard InChI is InChI=1S/C15H15F3N2O2S/c16-15(17,18)14-4-2-1-3-12(14)9-20-13-7-5-11(6-8-13)10-23(19,21)22/h1-8,20H,9-10H2,(H2,19,21,22). The van der Waals surface area contributed by atoms with Gasteiger partial charge in [0.05, 0.1) is 11.3 Å². The van der Waals surface area contributed by atoms with Crippen LogP contribution in [-0.2, 0) is 28.5 Å². The maximum Gasteiger partial charge on any atom is 0.416 e. The summed E-state index contributed by atoms with van der Waals surface area (Å²) >= 11 is 0. The van der Waals surface area contributed by atoms with E-state index in [4.69, 9.17) is 5.14 Å². The Morgan fingerprint density at radius 2 is 1.61 bits per heavy atom. The van der Waals surface area contributed by atoms with E-state index >= 15 is 0 Å². The molecular weight excluding hydrogens is 329 g/mol. The maximum atomic E-state index is 12.9. The van der Waals surface area contributed by atoms with E-state index in [-0.39, 0.29) is 17.9 Å². The zero-order valence-corrected chi connectivity index (χ0v) is 12.8. The molecule has 0 heterocycles. The van der Waals surface area contributed by atoms with Crippen LogP contribution in [0.5, 0.6) is 0 Å². The fourth-order valence-corrected chi connectivity index (χ4v) is 2.76. The third-order valence-corrected chi connectivity index (χ3v) is 3.86. The zero-order valence-electron chi connectivity index (χ0n) is 12.0. The number of benzene rings is 2. The average Bonchev–Trinajstić information content (AvgIpc) is 2.44. The Balaban J connectivity index is 2.07. The molecule has 0 amide bonds. The van der Waals surface area contributed by atoms with Crippen molar-refractivity contribution in [3.05, 3.63) is 65.2 Å².